The van der Waals surface area contributed by atoms with Crippen molar-refractivity contribution in [2.75, 3.05) is 26.3 Å². The Balaban J connectivity index is 1.94. The van der Waals surface area contributed by atoms with Gasteiger partial charge in [-0.1, -0.05) is 6.07 Å². The Bertz CT molecular complexity index is 481. The molecule has 0 amide bonds. The van der Waals surface area contributed by atoms with E-state index in [1.54, 1.807) is 12.1 Å². The minimum Gasteiger partial charge on any atom is -0.381 e. The largest absolute Gasteiger partial charge is 0.381 e. The maximum Gasteiger partial charge on any atom is 0.283 e. The second-order valence-corrected chi connectivity index (χ2v) is 5.95. The van der Waals surface area contributed by atoms with E-state index in [2.05, 4.69) is 20.8 Å². The Morgan fingerprint density at radius 3 is 3.05 bits per heavy atom. The second-order valence-electron chi connectivity index (χ2n) is 5.09. The molecule has 1 aromatic carbocycles. The number of likely N-dealkylation sites (tertiary alicyclic amines) is 1. The standard InChI is InChI=1S/C14H19BrN2O3/c1-2-20-10-12-5-6-16(9-12)8-11-3-4-13(15)14(7-11)17(18)19/h3-4,7,12H,2,5-6,8-10H2,1H3/t12-/m0/s1. The van der Waals surface area contributed by atoms with E-state index in [4.69, 9.17) is 4.74 Å². The number of halogens is 1. The number of nitro benzene ring substituents is 1. The predicted octanol–water partition coefficient (Wildman–Crippen LogP) is 3.22. The Labute approximate surface area is 127 Å². The number of hydrogen-bond donors (Lipinski definition) is 0. The summed E-state index contributed by atoms with van der Waals surface area (Å²) >= 11 is 3.21. The van der Waals surface area contributed by atoms with Crippen molar-refractivity contribution in [1.29, 1.82) is 0 Å². The molecule has 1 aliphatic heterocycles. The number of benzene rings is 1. The molecule has 0 spiro atoms. The molecular formula is C14H19BrN2O3. The van der Waals surface area contributed by atoms with Crippen molar-refractivity contribution < 1.29 is 9.66 Å². The number of nitro groups is 1. The van der Waals surface area contributed by atoms with Crippen molar-refractivity contribution in [3.8, 4) is 0 Å². The van der Waals surface area contributed by atoms with Gasteiger partial charge in [0.1, 0.15) is 0 Å². The van der Waals surface area contributed by atoms with Gasteiger partial charge in [-0.25, -0.2) is 0 Å². The van der Waals surface area contributed by atoms with Crippen molar-refractivity contribution >= 4 is 21.6 Å². The fraction of sp³-hybridized carbons (Fsp3) is 0.571. The molecule has 0 aliphatic carbocycles. The minimum atomic E-state index is -0.352. The highest BCUT2D eigenvalue weighted by molar-refractivity contribution is 9.10. The molecule has 0 bridgehead atoms. The first kappa shape index (κ1) is 15.4. The van der Waals surface area contributed by atoms with E-state index in [1.807, 2.05) is 13.0 Å². The first-order chi connectivity index (χ1) is 9.60. The quantitative estimate of drug-likeness (QED) is 0.588. The van der Waals surface area contributed by atoms with Crippen molar-refractivity contribution in [1.82, 2.24) is 4.90 Å². The van der Waals surface area contributed by atoms with Crippen LogP contribution in [0, 0.1) is 16.0 Å². The molecule has 1 aromatic rings. The molecular weight excluding hydrogens is 324 g/mol. The van der Waals surface area contributed by atoms with E-state index < -0.39 is 0 Å². The number of hydrogen-bond acceptors (Lipinski definition) is 4. The summed E-state index contributed by atoms with van der Waals surface area (Å²) in [5.74, 6) is 0.584. The smallest absolute Gasteiger partial charge is 0.283 e. The highest BCUT2D eigenvalue weighted by Crippen LogP contribution is 2.27. The zero-order valence-corrected chi connectivity index (χ0v) is 13.1. The summed E-state index contributed by atoms with van der Waals surface area (Å²) in [5, 5.41) is 10.9. The van der Waals surface area contributed by atoms with Crippen LogP contribution in [0.3, 0.4) is 0 Å². The summed E-state index contributed by atoms with van der Waals surface area (Å²) in [5.41, 5.74) is 1.12. The van der Waals surface area contributed by atoms with Gasteiger partial charge in [0, 0.05) is 25.8 Å². The molecule has 0 unspecified atom stereocenters. The minimum absolute atomic E-state index is 0.132. The molecule has 2 rings (SSSR count). The molecule has 0 radical (unpaired) electrons. The van der Waals surface area contributed by atoms with Crippen LogP contribution in [0.15, 0.2) is 22.7 Å². The van der Waals surface area contributed by atoms with Crippen LogP contribution in [-0.2, 0) is 11.3 Å². The van der Waals surface area contributed by atoms with Crippen LogP contribution in [0.2, 0.25) is 0 Å². The van der Waals surface area contributed by atoms with Crippen LogP contribution in [0.25, 0.3) is 0 Å². The van der Waals surface area contributed by atoms with Gasteiger partial charge in [0.25, 0.3) is 5.69 Å². The Morgan fingerprint density at radius 1 is 1.55 bits per heavy atom. The summed E-state index contributed by atoms with van der Waals surface area (Å²) in [7, 11) is 0. The Hall–Kier alpha value is -0.980. The maximum absolute atomic E-state index is 10.9. The van der Waals surface area contributed by atoms with Crippen LogP contribution in [-0.4, -0.2) is 36.1 Å². The SMILES string of the molecule is CCOC[C@H]1CCN(Cc2ccc(Br)c([N+](=O)[O-])c2)C1. The van der Waals surface area contributed by atoms with Gasteiger partial charge in [-0.15, -0.1) is 0 Å². The lowest BCUT2D eigenvalue weighted by atomic mass is 10.1. The average Bonchev–Trinajstić information content (AvgIpc) is 2.86. The van der Waals surface area contributed by atoms with Gasteiger partial charge >= 0.3 is 0 Å². The van der Waals surface area contributed by atoms with E-state index in [0.29, 0.717) is 10.4 Å². The van der Waals surface area contributed by atoms with E-state index in [-0.39, 0.29) is 10.6 Å². The lowest BCUT2D eigenvalue weighted by Crippen LogP contribution is -2.21. The summed E-state index contributed by atoms with van der Waals surface area (Å²) in [6.45, 7) is 6.37. The summed E-state index contributed by atoms with van der Waals surface area (Å²) in [6.07, 6.45) is 1.14. The highest BCUT2D eigenvalue weighted by atomic mass is 79.9. The van der Waals surface area contributed by atoms with E-state index in [0.717, 1.165) is 44.8 Å². The Morgan fingerprint density at radius 2 is 2.35 bits per heavy atom. The fourth-order valence-corrected chi connectivity index (χ4v) is 2.92. The molecule has 1 heterocycles. The van der Waals surface area contributed by atoms with E-state index in [1.165, 1.54) is 0 Å². The normalized spacial score (nSPS) is 19.4. The molecule has 0 N–H and O–H groups in total. The number of rotatable bonds is 6. The zero-order chi connectivity index (χ0) is 14.5. The number of ether oxygens (including phenoxy) is 1. The first-order valence-electron chi connectivity index (χ1n) is 6.83. The van der Waals surface area contributed by atoms with Crippen LogP contribution in [0.1, 0.15) is 18.9 Å². The van der Waals surface area contributed by atoms with Crippen LogP contribution >= 0.6 is 15.9 Å². The summed E-state index contributed by atoms with van der Waals surface area (Å²) in [4.78, 5) is 12.9. The topological polar surface area (TPSA) is 55.6 Å². The third-order valence-electron chi connectivity index (χ3n) is 3.54. The van der Waals surface area contributed by atoms with E-state index >= 15 is 0 Å². The van der Waals surface area contributed by atoms with Crippen molar-refractivity contribution in [2.24, 2.45) is 5.92 Å². The third-order valence-corrected chi connectivity index (χ3v) is 4.21. The van der Waals surface area contributed by atoms with Crippen LogP contribution in [0.5, 0.6) is 0 Å². The molecule has 0 saturated carbocycles. The zero-order valence-electron chi connectivity index (χ0n) is 11.5. The van der Waals surface area contributed by atoms with Gasteiger partial charge in [-0.3, -0.25) is 15.0 Å². The van der Waals surface area contributed by atoms with Crippen molar-refractivity contribution in [3.63, 3.8) is 0 Å². The maximum atomic E-state index is 10.9. The fourth-order valence-electron chi connectivity index (χ4n) is 2.53. The third kappa shape index (κ3) is 4.01. The molecule has 20 heavy (non-hydrogen) atoms. The van der Waals surface area contributed by atoms with Crippen molar-refractivity contribution in [3.05, 3.63) is 38.3 Å². The number of nitrogens with zero attached hydrogens (tertiary/aromatic N) is 2. The predicted molar refractivity (Wildman–Crippen MR) is 80.7 cm³/mol. The molecule has 1 atom stereocenters. The average molecular weight is 343 g/mol. The lowest BCUT2D eigenvalue weighted by molar-refractivity contribution is -0.385. The monoisotopic (exact) mass is 342 g/mol. The second kappa shape index (κ2) is 7.15. The van der Waals surface area contributed by atoms with Gasteiger partial charge in [0.15, 0.2) is 0 Å². The highest BCUT2D eigenvalue weighted by Gasteiger charge is 2.23. The summed E-state index contributed by atoms with van der Waals surface area (Å²) < 4.78 is 5.99. The van der Waals surface area contributed by atoms with E-state index in [9.17, 15) is 10.1 Å². The molecule has 6 heteroatoms. The summed E-state index contributed by atoms with van der Waals surface area (Å²) in [6, 6.07) is 5.34. The molecule has 5 nitrogen and oxygen atoms in total. The lowest BCUT2D eigenvalue weighted by Gasteiger charge is -2.16. The van der Waals surface area contributed by atoms with Gasteiger partial charge < -0.3 is 4.74 Å². The van der Waals surface area contributed by atoms with Gasteiger partial charge in [0.2, 0.25) is 0 Å². The molecule has 1 aliphatic rings. The van der Waals surface area contributed by atoms with Crippen LogP contribution in [0.4, 0.5) is 5.69 Å². The Kier molecular flexibility index (Phi) is 5.51. The molecule has 110 valence electrons. The molecule has 1 fully saturated rings. The molecule has 1 saturated heterocycles. The van der Waals surface area contributed by atoms with Crippen LogP contribution < -0.4 is 0 Å². The molecule has 0 aromatic heterocycles. The van der Waals surface area contributed by atoms with Gasteiger partial charge in [0.05, 0.1) is 16.0 Å². The van der Waals surface area contributed by atoms with Gasteiger partial charge in [-0.05, 0) is 53.4 Å². The van der Waals surface area contributed by atoms with Gasteiger partial charge in [-0.2, -0.15) is 0 Å². The van der Waals surface area contributed by atoms with Crippen molar-refractivity contribution in [2.45, 2.75) is 19.9 Å². The first-order valence-corrected chi connectivity index (χ1v) is 7.62.